The molecule has 0 unspecified atom stereocenters. The van der Waals surface area contributed by atoms with Crippen molar-refractivity contribution < 1.29 is 36.2 Å². The molecule has 0 radical (unpaired) electrons. The molecule has 35 heavy (non-hydrogen) atoms. The van der Waals surface area contributed by atoms with Gasteiger partial charge in [-0.2, -0.15) is 26.3 Å². The average Bonchev–Trinajstić information content (AvgIpc) is 3.16. The zero-order valence-electron chi connectivity index (χ0n) is 17.9. The average molecular weight is 499 g/mol. The predicted octanol–water partition coefficient (Wildman–Crippen LogP) is 4.73. The minimum Gasteiger partial charge on any atom is -0.369 e. The molecule has 1 saturated heterocycles. The first-order valence-corrected chi connectivity index (χ1v) is 10.5. The van der Waals surface area contributed by atoms with E-state index in [1.165, 1.54) is 12.1 Å². The second kappa shape index (κ2) is 8.87. The summed E-state index contributed by atoms with van der Waals surface area (Å²) in [6.45, 7) is 0. The van der Waals surface area contributed by atoms with Gasteiger partial charge in [-0.15, -0.1) is 10.2 Å². The van der Waals surface area contributed by atoms with Crippen LogP contribution in [0.5, 0.6) is 0 Å². The highest BCUT2D eigenvalue weighted by Crippen LogP contribution is 2.51. The molecule has 1 aromatic carbocycles. The number of hydrogen-bond donors (Lipinski definition) is 4. The number of fused-ring (bicyclic) bond motifs is 2. The summed E-state index contributed by atoms with van der Waals surface area (Å²) in [5, 5.41) is 25.7. The Labute approximate surface area is 194 Å². The monoisotopic (exact) mass is 499 g/mol. The number of carbonyl (C=O) groups is 1. The lowest BCUT2D eigenvalue weighted by atomic mass is 9.90. The van der Waals surface area contributed by atoms with Crippen LogP contribution in [0.3, 0.4) is 0 Å². The smallest absolute Gasteiger partial charge is 0.369 e. The van der Waals surface area contributed by atoms with Crippen LogP contribution in [0.1, 0.15) is 41.7 Å². The minimum atomic E-state index is -6.10. The van der Waals surface area contributed by atoms with Gasteiger partial charge >= 0.3 is 12.4 Å². The van der Waals surface area contributed by atoms with Crippen molar-refractivity contribution in [1.29, 1.82) is 0 Å². The molecular formula is C22H19F6N5O2. The first-order chi connectivity index (χ1) is 16.4. The molecule has 7 nitrogen and oxygen atoms in total. The number of carbonyl (C=O) groups excluding carboxylic acids is 1. The first kappa shape index (κ1) is 24.5. The van der Waals surface area contributed by atoms with Crippen molar-refractivity contribution in [2.24, 2.45) is 0 Å². The SMILES string of the molecule is O=C(Nc1ccccc1C(O)(C(F)(F)F)C(F)(F)F)c1ccc(NC2=C3CCC(=CCC2)N3)nn1. The molecule has 2 aromatic rings. The minimum absolute atomic E-state index is 0.310. The van der Waals surface area contributed by atoms with E-state index in [0.717, 1.165) is 61.0 Å². The number of aromatic nitrogens is 2. The highest BCUT2D eigenvalue weighted by molar-refractivity contribution is 6.03. The van der Waals surface area contributed by atoms with Crippen LogP contribution in [0.2, 0.25) is 0 Å². The molecule has 4 rings (SSSR count). The van der Waals surface area contributed by atoms with E-state index in [-0.39, 0.29) is 5.69 Å². The molecule has 1 aromatic heterocycles. The van der Waals surface area contributed by atoms with Crippen molar-refractivity contribution in [3.63, 3.8) is 0 Å². The first-order valence-electron chi connectivity index (χ1n) is 10.5. The van der Waals surface area contributed by atoms with Crippen molar-refractivity contribution in [3.8, 4) is 0 Å². The van der Waals surface area contributed by atoms with Crippen molar-refractivity contribution in [1.82, 2.24) is 15.5 Å². The number of allylic oxidation sites excluding steroid dienone is 4. The Balaban J connectivity index is 1.54. The maximum atomic E-state index is 13.3. The van der Waals surface area contributed by atoms with Gasteiger partial charge in [0.05, 0.1) is 0 Å². The van der Waals surface area contributed by atoms with Gasteiger partial charge in [-0.3, -0.25) is 4.79 Å². The van der Waals surface area contributed by atoms with Gasteiger partial charge in [-0.1, -0.05) is 24.3 Å². The van der Waals surface area contributed by atoms with Gasteiger partial charge in [-0.05, 0) is 43.9 Å². The van der Waals surface area contributed by atoms with E-state index in [0.29, 0.717) is 11.9 Å². The Morgan fingerprint density at radius 2 is 1.66 bits per heavy atom. The predicted molar refractivity (Wildman–Crippen MR) is 113 cm³/mol. The fourth-order valence-corrected chi connectivity index (χ4v) is 3.87. The van der Waals surface area contributed by atoms with Crippen LogP contribution in [-0.4, -0.2) is 33.6 Å². The Hall–Kier alpha value is -3.61. The van der Waals surface area contributed by atoms with E-state index >= 15 is 0 Å². The van der Waals surface area contributed by atoms with Crippen molar-refractivity contribution in [2.45, 2.75) is 43.6 Å². The summed E-state index contributed by atoms with van der Waals surface area (Å²) in [4.78, 5) is 12.5. The number of halogens is 6. The summed E-state index contributed by atoms with van der Waals surface area (Å²) < 4.78 is 79.9. The third-order valence-electron chi connectivity index (χ3n) is 5.67. The second-order valence-corrected chi connectivity index (χ2v) is 7.98. The van der Waals surface area contributed by atoms with Gasteiger partial charge in [-0.25, -0.2) is 0 Å². The highest BCUT2D eigenvalue weighted by Gasteiger charge is 2.72. The van der Waals surface area contributed by atoms with Crippen LogP contribution in [0, 0.1) is 0 Å². The quantitative estimate of drug-likeness (QED) is 0.445. The molecule has 0 atom stereocenters. The van der Waals surface area contributed by atoms with Crippen molar-refractivity contribution in [3.05, 3.63) is 70.8 Å². The number of para-hydroxylation sites is 1. The van der Waals surface area contributed by atoms with E-state index in [2.05, 4.69) is 26.9 Å². The number of alkyl halides is 6. The van der Waals surface area contributed by atoms with Crippen molar-refractivity contribution >= 4 is 17.4 Å². The molecule has 0 saturated carbocycles. The van der Waals surface area contributed by atoms with Crippen molar-refractivity contribution in [2.75, 3.05) is 10.6 Å². The highest BCUT2D eigenvalue weighted by atomic mass is 19.4. The third-order valence-corrected chi connectivity index (χ3v) is 5.67. The van der Waals surface area contributed by atoms with Crippen LogP contribution < -0.4 is 16.0 Å². The van der Waals surface area contributed by atoms with Crippen LogP contribution in [0.4, 0.5) is 37.8 Å². The summed E-state index contributed by atoms with van der Waals surface area (Å²) in [6, 6.07) is 5.89. The van der Waals surface area contributed by atoms with Crippen LogP contribution in [0.15, 0.2) is 59.6 Å². The van der Waals surface area contributed by atoms with E-state index in [9.17, 15) is 36.2 Å². The zero-order chi connectivity index (χ0) is 25.4. The van der Waals surface area contributed by atoms with Crippen LogP contribution in [0.25, 0.3) is 0 Å². The molecule has 186 valence electrons. The van der Waals surface area contributed by atoms with Crippen LogP contribution in [-0.2, 0) is 5.60 Å². The van der Waals surface area contributed by atoms with E-state index in [1.54, 1.807) is 0 Å². The Kier molecular flexibility index (Phi) is 6.21. The van der Waals surface area contributed by atoms with Gasteiger partial charge in [0.2, 0.25) is 0 Å². The van der Waals surface area contributed by atoms with Gasteiger partial charge < -0.3 is 21.1 Å². The molecule has 13 heteroatoms. The number of amides is 1. The van der Waals surface area contributed by atoms with Gasteiger partial charge in [0, 0.05) is 28.3 Å². The zero-order valence-corrected chi connectivity index (χ0v) is 17.9. The maximum absolute atomic E-state index is 13.3. The fraction of sp³-hybridized carbons (Fsp3) is 0.318. The molecule has 2 bridgehead atoms. The number of hydrogen-bond acceptors (Lipinski definition) is 6. The largest absolute Gasteiger partial charge is 0.430 e. The lowest BCUT2D eigenvalue weighted by Crippen LogP contribution is -2.54. The van der Waals surface area contributed by atoms with Crippen LogP contribution >= 0.6 is 0 Å². The molecule has 1 amide bonds. The molecule has 0 aliphatic carbocycles. The summed E-state index contributed by atoms with van der Waals surface area (Å²) in [5.74, 6) is -0.795. The van der Waals surface area contributed by atoms with Gasteiger partial charge in [0.25, 0.3) is 11.5 Å². The summed E-state index contributed by atoms with van der Waals surface area (Å²) in [6.07, 6.45) is -6.79. The topological polar surface area (TPSA) is 99.2 Å². The molecule has 2 aliphatic rings. The molecule has 2 aliphatic heterocycles. The maximum Gasteiger partial charge on any atom is 0.430 e. The fourth-order valence-electron chi connectivity index (χ4n) is 3.87. The van der Waals surface area contributed by atoms with Gasteiger partial charge in [0.15, 0.2) is 11.5 Å². The summed E-state index contributed by atoms with van der Waals surface area (Å²) in [5.41, 5.74) is -4.91. The molecular weight excluding hydrogens is 480 g/mol. The number of nitrogens with zero attached hydrogens (tertiary/aromatic N) is 2. The lowest BCUT2D eigenvalue weighted by Gasteiger charge is -2.33. The molecule has 1 fully saturated rings. The number of anilines is 2. The number of benzene rings is 1. The molecule has 4 N–H and O–H groups in total. The number of rotatable bonds is 5. The Bertz CT molecular complexity index is 1170. The normalized spacial score (nSPS) is 16.4. The Morgan fingerprint density at radius 3 is 2.31 bits per heavy atom. The lowest BCUT2D eigenvalue weighted by molar-refractivity contribution is -0.376. The van der Waals surface area contributed by atoms with E-state index < -0.39 is 35.1 Å². The van der Waals surface area contributed by atoms with E-state index in [4.69, 9.17) is 0 Å². The Morgan fingerprint density at radius 1 is 0.943 bits per heavy atom. The third kappa shape index (κ3) is 4.67. The molecule has 3 heterocycles. The van der Waals surface area contributed by atoms with E-state index in [1.807, 2.05) is 5.32 Å². The second-order valence-electron chi connectivity index (χ2n) is 7.98. The standard InChI is InChI=1S/C22H19F6N5O2/c23-21(24,25)20(35,22(26,27)28)13-5-1-2-6-14(13)31-19(34)17-10-11-18(33-32-17)30-15-7-3-4-12-8-9-16(15)29-12/h1-2,4-6,10-11,29,35H,3,7-9H2,(H,30,33)(H,31,34). The number of nitrogens with one attached hydrogen (secondary N) is 3. The molecule has 0 spiro atoms. The summed E-state index contributed by atoms with van der Waals surface area (Å²) in [7, 11) is 0. The van der Waals surface area contributed by atoms with Gasteiger partial charge in [0.1, 0.15) is 0 Å². The summed E-state index contributed by atoms with van der Waals surface area (Å²) >= 11 is 0. The number of aliphatic hydroxyl groups is 1.